The fourth-order valence-corrected chi connectivity index (χ4v) is 3.92. The monoisotopic (exact) mass is 358 g/mol. The smallest absolute Gasteiger partial charge is 0.138 e. The highest BCUT2D eigenvalue weighted by atomic mass is 79.9. The van der Waals surface area contributed by atoms with Crippen molar-refractivity contribution in [3.05, 3.63) is 62.1 Å². The normalized spacial score (nSPS) is 16.8. The summed E-state index contributed by atoms with van der Waals surface area (Å²) in [6, 6.07) is 9.04. The zero-order chi connectivity index (χ0) is 16.0. The molecule has 0 radical (unpaired) electrons. The van der Waals surface area contributed by atoms with Crippen LogP contribution in [-0.2, 0) is 0 Å². The Kier molecular flexibility index (Phi) is 4.07. The summed E-state index contributed by atoms with van der Waals surface area (Å²) in [5.41, 5.74) is 8.10. The Bertz CT molecular complexity index is 714. The van der Waals surface area contributed by atoms with E-state index in [1.807, 2.05) is 0 Å². The van der Waals surface area contributed by atoms with Crippen LogP contribution >= 0.6 is 15.9 Å². The van der Waals surface area contributed by atoms with Gasteiger partial charge in [-0.1, -0.05) is 38.1 Å². The van der Waals surface area contributed by atoms with E-state index in [0.717, 1.165) is 16.8 Å². The van der Waals surface area contributed by atoms with Crippen molar-refractivity contribution in [1.29, 1.82) is 0 Å². The van der Waals surface area contributed by atoms with E-state index in [1.165, 1.54) is 33.4 Å². The summed E-state index contributed by atoms with van der Waals surface area (Å²) in [7, 11) is 0. The van der Waals surface area contributed by atoms with E-state index in [-0.39, 0.29) is 0 Å². The van der Waals surface area contributed by atoms with Crippen molar-refractivity contribution in [3.63, 3.8) is 0 Å². The minimum Gasteiger partial charge on any atom is -0.491 e. The van der Waals surface area contributed by atoms with Gasteiger partial charge in [0.2, 0.25) is 0 Å². The van der Waals surface area contributed by atoms with Crippen LogP contribution in [0.3, 0.4) is 0 Å². The molecule has 0 saturated heterocycles. The summed E-state index contributed by atoms with van der Waals surface area (Å²) in [6.07, 6.45) is 0. The van der Waals surface area contributed by atoms with E-state index in [9.17, 15) is 0 Å². The van der Waals surface area contributed by atoms with Gasteiger partial charge < -0.3 is 4.74 Å². The third kappa shape index (κ3) is 2.38. The molecule has 22 heavy (non-hydrogen) atoms. The molecule has 0 spiro atoms. The lowest BCUT2D eigenvalue weighted by Crippen LogP contribution is -2.04. The summed E-state index contributed by atoms with van der Waals surface area (Å²) in [4.78, 5) is 0. The van der Waals surface area contributed by atoms with E-state index in [4.69, 9.17) is 4.74 Å². The molecule has 1 atom stereocenters. The molecule has 1 nitrogen and oxygen atoms in total. The molecule has 116 valence electrons. The van der Waals surface area contributed by atoms with Gasteiger partial charge in [-0.25, -0.2) is 0 Å². The van der Waals surface area contributed by atoms with E-state index in [1.54, 1.807) is 0 Å². The predicted octanol–water partition coefficient (Wildman–Crippen LogP) is 6.02. The van der Waals surface area contributed by atoms with Crippen molar-refractivity contribution in [1.82, 2.24) is 0 Å². The van der Waals surface area contributed by atoms with E-state index >= 15 is 0 Å². The van der Waals surface area contributed by atoms with Gasteiger partial charge in [-0.2, -0.15) is 0 Å². The van der Waals surface area contributed by atoms with Crippen LogP contribution in [0.1, 0.15) is 59.1 Å². The van der Waals surface area contributed by atoms with Crippen molar-refractivity contribution in [3.8, 4) is 5.75 Å². The molecule has 1 heterocycles. The summed E-state index contributed by atoms with van der Waals surface area (Å²) >= 11 is 3.72. The number of hydrogen-bond acceptors (Lipinski definition) is 1. The Balaban J connectivity index is 2.08. The molecule has 1 aliphatic rings. The highest BCUT2D eigenvalue weighted by Crippen LogP contribution is 2.47. The van der Waals surface area contributed by atoms with Gasteiger partial charge >= 0.3 is 0 Å². The van der Waals surface area contributed by atoms with E-state index < -0.39 is 0 Å². The zero-order valence-corrected chi connectivity index (χ0v) is 15.5. The quantitative estimate of drug-likeness (QED) is 0.637. The lowest BCUT2D eigenvalue weighted by atomic mass is 9.86. The van der Waals surface area contributed by atoms with Crippen molar-refractivity contribution in [2.45, 2.75) is 46.5 Å². The Morgan fingerprint density at radius 2 is 1.64 bits per heavy atom. The third-order valence-corrected chi connectivity index (χ3v) is 6.01. The fraction of sp³-hybridized carbons (Fsp3) is 0.400. The number of fused-ring (bicyclic) bond motifs is 1. The van der Waals surface area contributed by atoms with Gasteiger partial charge in [-0.15, -0.1) is 0 Å². The number of halogens is 1. The Morgan fingerprint density at radius 3 is 2.23 bits per heavy atom. The second kappa shape index (κ2) is 5.73. The van der Waals surface area contributed by atoms with Crippen LogP contribution in [0.5, 0.6) is 5.75 Å². The van der Waals surface area contributed by atoms with Crippen molar-refractivity contribution in [2.75, 3.05) is 6.61 Å². The molecule has 2 aromatic carbocycles. The van der Waals surface area contributed by atoms with Crippen LogP contribution in [0.4, 0.5) is 0 Å². The van der Waals surface area contributed by atoms with Crippen LogP contribution in [0.2, 0.25) is 0 Å². The first-order chi connectivity index (χ1) is 10.4. The van der Waals surface area contributed by atoms with Crippen LogP contribution in [0.15, 0.2) is 28.7 Å². The second-order valence-corrected chi connectivity index (χ2v) is 7.41. The first-order valence-corrected chi connectivity index (χ1v) is 8.73. The number of rotatable bonds is 2. The maximum absolute atomic E-state index is 6.04. The standard InChI is InChI=1S/C20H23BrO/c1-11(2)15-6-8-16(9-7-15)17-10-22-20-18(17)13(4)12(3)14(5)19(20)21/h6-9,11,17H,10H2,1-5H3. The Morgan fingerprint density at radius 1 is 1.00 bits per heavy atom. The maximum Gasteiger partial charge on any atom is 0.138 e. The molecule has 0 bridgehead atoms. The molecule has 0 aliphatic carbocycles. The first kappa shape index (κ1) is 15.6. The summed E-state index contributed by atoms with van der Waals surface area (Å²) in [5, 5.41) is 0. The third-order valence-electron chi connectivity index (χ3n) is 5.05. The fourth-order valence-electron chi connectivity index (χ4n) is 3.29. The van der Waals surface area contributed by atoms with Gasteiger partial charge in [0.15, 0.2) is 0 Å². The summed E-state index contributed by atoms with van der Waals surface area (Å²) < 4.78 is 7.16. The minimum atomic E-state index is 0.340. The largest absolute Gasteiger partial charge is 0.491 e. The van der Waals surface area contributed by atoms with E-state index in [0.29, 0.717) is 11.8 Å². The predicted molar refractivity (Wildman–Crippen MR) is 96.2 cm³/mol. The minimum absolute atomic E-state index is 0.340. The molecule has 1 aliphatic heterocycles. The SMILES string of the molecule is Cc1c(C)c(Br)c2c(c1C)C(c1ccc(C(C)C)cc1)CO2. The average molecular weight is 359 g/mol. The molecule has 2 heteroatoms. The first-order valence-electron chi connectivity index (χ1n) is 7.93. The van der Waals surface area contributed by atoms with Crippen LogP contribution in [0.25, 0.3) is 0 Å². The Labute approximate surface area is 141 Å². The topological polar surface area (TPSA) is 9.23 Å². The molecule has 0 fully saturated rings. The highest BCUT2D eigenvalue weighted by Gasteiger charge is 2.31. The molecule has 0 aromatic heterocycles. The number of hydrogen-bond donors (Lipinski definition) is 0. The maximum atomic E-state index is 6.04. The van der Waals surface area contributed by atoms with Gasteiger partial charge in [-0.3, -0.25) is 0 Å². The number of ether oxygens (including phenoxy) is 1. The number of benzene rings is 2. The van der Waals surface area contributed by atoms with Crippen molar-refractivity contribution < 1.29 is 4.74 Å². The summed E-state index contributed by atoms with van der Waals surface area (Å²) in [5.74, 6) is 1.95. The molecule has 3 rings (SSSR count). The summed E-state index contributed by atoms with van der Waals surface area (Å²) in [6.45, 7) is 11.8. The lowest BCUT2D eigenvalue weighted by molar-refractivity contribution is 0.341. The molecule has 0 saturated carbocycles. The zero-order valence-electron chi connectivity index (χ0n) is 14.0. The molecule has 0 N–H and O–H groups in total. The van der Waals surface area contributed by atoms with Gasteiger partial charge in [0.25, 0.3) is 0 Å². The van der Waals surface area contributed by atoms with Crippen molar-refractivity contribution in [2.24, 2.45) is 0 Å². The second-order valence-electron chi connectivity index (χ2n) is 6.62. The van der Waals surface area contributed by atoms with Crippen LogP contribution in [0, 0.1) is 20.8 Å². The molecular formula is C20H23BrO. The van der Waals surface area contributed by atoms with Gasteiger partial charge in [0.05, 0.1) is 11.1 Å². The molecule has 2 aromatic rings. The van der Waals surface area contributed by atoms with Crippen LogP contribution < -0.4 is 4.74 Å². The van der Waals surface area contributed by atoms with Crippen molar-refractivity contribution >= 4 is 15.9 Å². The lowest BCUT2D eigenvalue weighted by Gasteiger charge is -2.17. The van der Waals surface area contributed by atoms with Gasteiger partial charge in [0.1, 0.15) is 5.75 Å². The molecule has 0 amide bonds. The highest BCUT2D eigenvalue weighted by molar-refractivity contribution is 9.10. The van der Waals surface area contributed by atoms with E-state index in [2.05, 4.69) is 74.8 Å². The van der Waals surface area contributed by atoms with Crippen LogP contribution in [-0.4, -0.2) is 6.61 Å². The molecular weight excluding hydrogens is 336 g/mol. The van der Waals surface area contributed by atoms with Gasteiger partial charge in [-0.05, 0) is 70.4 Å². The van der Waals surface area contributed by atoms with Gasteiger partial charge in [0, 0.05) is 11.5 Å². The molecule has 1 unspecified atom stereocenters. The Hall–Kier alpha value is -1.28. The average Bonchev–Trinajstić information content (AvgIpc) is 2.96.